The number of benzene rings is 2. The Labute approximate surface area is 450 Å². The third-order valence-corrected chi connectivity index (χ3v) is 13.8. The number of aryl methyl sites for hydroxylation is 1. The first-order valence-electron chi connectivity index (χ1n) is 25.4. The first kappa shape index (κ1) is 60.1. The summed E-state index contributed by atoms with van der Waals surface area (Å²) in [6.07, 6.45) is 4.28. The van der Waals surface area contributed by atoms with Gasteiger partial charge in [0.2, 0.25) is 59.1 Å². The van der Waals surface area contributed by atoms with Crippen molar-refractivity contribution in [2.75, 3.05) is 18.2 Å². The van der Waals surface area contributed by atoms with Gasteiger partial charge in [-0.3, -0.25) is 47.9 Å². The van der Waals surface area contributed by atoms with Gasteiger partial charge >= 0.3 is 0 Å². The van der Waals surface area contributed by atoms with Crippen molar-refractivity contribution >= 4 is 81.7 Å². The summed E-state index contributed by atoms with van der Waals surface area (Å²) in [4.78, 5) is 146. The van der Waals surface area contributed by atoms with Crippen LogP contribution in [0.25, 0.3) is 10.9 Å². The number of aromatic nitrogens is 3. The van der Waals surface area contributed by atoms with Crippen LogP contribution in [0.1, 0.15) is 76.3 Å². The average Bonchev–Trinajstić information content (AvgIpc) is 4.17. The van der Waals surface area contributed by atoms with Gasteiger partial charge in [-0.05, 0) is 67.7 Å². The molecule has 24 nitrogen and oxygen atoms in total. The number of nitrogens with zero attached hydrogens (tertiary/aromatic N) is 2. The molecular weight excluding hydrogens is 1010 g/mol. The highest BCUT2D eigenvalue weighted by Gasteiger charge is 2.39. The van der Waals surface area contributed by atoms with E-state index in [0.29, 0.717) is 17.0 Å². The van der Waals surface area contributed by atoms with Gasteiger partial charge in [-0.15, -0.1) is 11.8 Å². The summed E-state index contributed by atoms with van der Waals surface area (Å²) in [6, 6.07) is 5.16. The van der Waals surface area contributed by atoms with Crippen LogP contribution < -0.4 is 54.4 Å². The number of carbonyl (C=O) groups is 10. The van der Waals surface area contributed by atoms with E-state index in [-0.39, 0.29) is 50.3 Å². The lowest BCUT2D eigenvalue weighted by Gasteiger charge is -2.29. The summed E-state index contributed by atoms with van der Waals surface area (Å²) >= 11 is 1.36. The molecule has 0 bridgehead atoms. The Morgan fingerprint density at radius 3 is 2.05 bits per heavy atom. The van der Waals surface area contributed by atoms with Crippen molar-refractivity contribution in [1.82, 2.24) is 57.1 Å². The lowest BCUT2D eigenvalue weighted by Crippen LogP contribution is -2.59. The first-order valence-corrected chi connectivity index (χ1v) is 26.5. The van der Waals surface area contributed by atoms with Gasteiger partial charge in [0, 0.05) is 48.3 Å². The van der Waals surface area contributed by atoms with Crippen LogP contribution in [0, 0.1) is 18.8 Å². The van der Waals surface area contributed by atoms with E-state index < -0.39 is 120 Å². The van der Waals surface area contributed by atoms with E-state index in [0.717, 1.165) is 22.0 Å². The molecule has 1 saturated heterocycles. The van der Waals surface area contributed by atoms with Crippen molar-refractivity contribution in [2.45, 2.75) is 128 Å². The monoisotopic (exact) mass is 1080 g/mol. The van der Waals surface area contributed by atoms with Crippen LogP contribution >= 0.6 is 11.8 Å². The highest BCUT2D eigenvalue weighted by molar-refractivity contribution is 7.99. The number of nitrogens with one attached hydrogen (secondary N) is 9. The van der Waals surface area contributed by atoms with Crippen molar-refractivity contribution in [3.63, 3.8) is 0 Å². The first-order chi connectivity index (χ1) is 36.5. The zero-order valence-corrected chi connectivity index (χ0v) is 44.9. The number of amides is 10. The smallest absolute Gasteiger partial charge is 0.246 e. The molecule has 77 heavy (non-hydrogen) atoms. The van der Waals surface area contributed by atoms with Gasteiger partial charge in [-0.1, -0.05) is 70.2 Å². The van der Waals surface area contributed by atoms with Crippen LogP contribution in [0.15, 0.2) is 67.3 Å². The second-order valence-electron chi connectivity index (χ2n) is 20.0. The molecule has 0 saturated carbocycles. The number of nitrogens with two attached hydrogens (primary N) is 3. The number of H-pyrrole nitrogens is 2. The van der Waals surface area contributed by atoms with Crippen LogP contribution in [-0.2, 0) is 67.2 Å². The minimum Gasteiger partial charge on any atom is -0.370 e. The Balaban J connectivity index is 1.25. The summed E-state index contributed by atoms with van der Waals surface area (Å²) in [6.45, 7) is 9.67. The summed E-state index contributed by atoms with van der Waals surface area (Å²) in [5.41, 5.74) is 20.8. The second-order valence-corrected chi connectivity index (χ2v) is 21.0. The zero-order valence-electron chi connectivity index (χ0n) is 44.1. The Kier molecular flexibility index (Phi) is 22.1. The Morgan fingerprint density at radius 2 is 1.40 bits per heavy atom. The molecule has 416 valence electrons. The third kappa shape index (κ3) is 17.9. The Hall–Kier alpha value is -7.80. The summed E-state index contributed by atoms with van der Waals surface area (Å²) < 4.78 is 0. The lowest BCUT2D eigenvalue weighted by molar-refractivity contribution is -0.141. The lowest BCUT2D eigenvalue weighted by atomic mass is 10.0. The second kappa shape index (κ2) is 28.4. The van der Waals surface area contributed by atoms with E-state index in [4.69, 9.17) is 17.2 Å². The molecule has 1 aliphatic rings. The number of hydrogen-bond acceptors (Lipinski definition) is 13. The van der Waals surface area contributed by atoms with E-state index in [2.05, 4.69) is 52.2 Å². The molecule has 0 spiro atoms. The maximum absolute atomic E-state index is 14.2. The standard InChI is InChI=1S/C52H72N14O10S/c1-27(2)16-40(52(76)66-26-77-24-41(66)45(55)69)64-50(74)39(20-33-22-56-25-59-33)61-43(68)23-58-51(75)44(28(3)4)65-46(70)30(6)60-49(73)38(19-32-21-57-37-17-29(5)12-13-34(32)37)63-48(72)36(14-15-42(54)67)62-47(71)35(53)18-31-10-8-7-9-11-31/h7-13,17,21-22,25,27-28,30,35-36,38-41,44,57H,14-16,18-20,23-24,26,53H2,1-6H3,(H2,54,67)(H2,55,69)(H,56,59)(H,58,75)(H,60,73)(H,61,68)(H,62,71)(H,63,72)(H,64,74)(H,65,70)/t30-,35+,36-,38-,39-,40-,41-,44-/m0/s1. The summed E-state index contributed by atoms with van der Waals surface area (Å²) in [7, 11) is 0. The SMILES string of the molecule is Cc1ccc2c(C[C@H](NC(=O)[C@H](CCC(N)=O)NC(=O)[C@H](N)Cc3ccccc3)C(=O)N[C@@H](C)C(=O)N[C@H](C(=O)NCC(=O)N[C@@H](Cc3c[nH]cn3)C(=O)N[C@@H](CC(C)C)C(=O)N3CSC[C@H]3C(N)=O)C(C)C)c[nH]c2c1. The molecule has 0 radical (unpaired) electrons. The molecular formula is C52H72N14O10S. The zero-order chi connectivity index (χ0) is 56.5. The molecule has 0 unspecified atom stereocenters. The number of rotatable bonds is 28. The number of thioether (sulfide) groups is 1. The van der Waals surface area contributed by atoms with E-state index in [9.17, 15) is 47.9 Å². The van der Waals surface area contributed by atoms with Gasteiger partial charge in [0.05, 0.1) is 30.5 Å². The number of fused-ring (bicyclic) bond motifs is 1. The van der Waals surface area contributed by atoms with Gasteiger partial charge in [0.1, 0.15) is 42.3 Å². The molecule has 4 aromatic rings. The van der Waals surface area contributed by atoms with Crippen molar-refractivity contribution in [2.24, 2.45) is 29.0 Å². The number of imidazole rings is 1. The molecule has 8 atom stereocenters. The van der Waals surface area contributed by atoms with Gasteiger partial charge in [0.25, 0.3) is 0 Å². The maximum Gasteiger partial charge on any atom is 0.246 e. The van der Waals surface area contributed by atoms with Crippen LogP contribution in [0.2, 0.25) is 0 Å². The van der Waals surface area contributed by atoms with E-state index in [1.54, 1.807) is 44.3 Å². The molecule has 15 N–H and O–H groups in total. The van der Waals surface area contributed by atoms with Crippen LogP contribution in [0.4, 0.5) is 0 Å². The average molecular weight is 1090 g/mol. The normalized spacial score (nSPS) is 16.0. The minimum atomic E-state index is -1.36. The Bertz CT molecular complexity index is 2740. The van der Waals surface area contributed by atoms with Crippen LogP contribution in [-0.4, -0.2) is 145 Å². The fourth-order valence-corrected chi connectivity index (χ4v) is 9.74. The topological polar surface area (TPSA) is 381 Å². The van der Waals surface area contributed by atoms with Gasteiger partial charge in [-0.2, -0.15) is 0 Å². The predicted octanol–water partition coefficient (Wildman–Crippen LogP) is -1.05. The molecule has 2 aromatic carbocycles. The van der Waals surface area contributed by atoms with Crippen molar-refractivity contribution < 1.29 is 47.9 Å². The molecule has 1 aliphatic heterocycles. The fourth-order valence-electron chi connectivity index (χ4n) is 8.56. The fraction of sp³-hybridized carbons (Fsp3) is 0.481. The highest BCUT2D eigenvalue weighted by Crippen LogP contribution is 2.24. The van der Waals surface area contributed by atoms with Crippen molar-refractivity contribution in [1.29, 1.82) is 0 Å². The minimum absolute atomic E-state index is 0.0576. The molecule has 2 aromatic heterocycles. The molecule has 10 amide bonds. The van der Waals surface area contributed by atoms with E-state index >= 15 is 0 Å². The largest absolute Gasteiger partial charge is 0.370 e. The maximum atomic E-state index is 14.2. The van der Waals surface area contributed by atoms with Crippen LogP contribution in [0.3, 0.4) is 0 Å². The van der Waals surface area contributed by atoms with Gasteiger partial charge in [0.15, 0.2) is 0 Å². The number of aromatic amines is 2. The predicted molar refractivity (Wildman–Crippen MR) is 287 cm³/mol. The number of carbonyl (C=O) groups excluding carboxylic acids is 10. The van der Waals surface area contributed by atoms with E-state index in [1.165, 1.54) is 36.1 Å². The molecule has 1 fully saturated rings. The summed E-state index contributed by atoms with van der Waals surface area (Å²) in [5, 5.41) is 19.2. The molecule has 25 heteroatoms. The molecule has 0 aliphatic carbocycles. The van der Waals surface area contributed by atoms with Gasteiger partial charge < -0.3 is 69.3 Å². The quantitative estimate of drug-likeness (QED) is 0.0324. The van der Waals surface area contributed by atoms with Crippen molar-refractivity contribution in [3.8, 4) is 0 Å². The van der Waals surface area contributed by atoms with Crippen LogP contribution in [0.5, 0.6) is 0 Å². The summed E-state index contributed by atoms with van der Waals surface area (Å²) in [5.74, 6) is -7.35. The Morgan fingerprint density at radius 1 is 0.740 bits per heavy atom. The molecule has 5 rings (SSSR count). The third-order valence-electron chi connectivity index (χ3n) is 12.8. The molecule has 3 heterocycles. The number of hydrogen-bond donors (Lipinski definition) is 12. The number of primary amides is 2. The highest BCUT2D eigenvalue weighted by atomic mass is 32.2. The van der Waals surface area contributed by atoms with Crippen molar-refractivity contribution in [3.05, 3.63) is 89.6 Å². The van der Waals surface area contributed by atoms with E-state index in [1.807, 2.05) is 45.0 Å². The van der Waals surface area contributed by atoms with Gasteiger partial charge in [-0.25, -0.2) is 4.98 Å².